The molecule has 0 saturated carbocycles. The molecule has 0 heterocycles. The molecular weight excluding hydrogens is 330 g/mol. The number of carbonyl (C=O) groups excluding carboxylic acids is 1. The van der Waals surface area contributed by atoms with Crippen LogP contribution < -0.4 is 19.5 Å². The lowest BCUT2D eigenvalue weighted by Gasteiger charge is -2.17. The molecule has 26 heavy (non-hydrogen) atoms. The Morgan fingerprint density at radius 2 is 1.69 bits per heavy atom. The maximum absolute atomic E-state index is 12.3. The summed E-state index contributed by atoms with van der Waals surface area (Å²) in [4.78, 5) is 12.3. The molecule has 0 fully saturated rings. The van der Waals surface area contributed by atoms with Gasteiger partial charge in [0.2, 0.25) is 5.91 Å². The summed E-state index contributed by atoms with van der Waals surface area (Å²) >= 11 is 0. The molecule has 0 aliphatic carbocycles. The highest BCUT2D eigenvalue weighted by atomic mass is 16.5. The third-order valence-corrected chi connectivity index (χ3v) is 4.06. The van der Waals surface area contributed by atoms with Crippen LogP contribution in [0.25, 0.3) is 6.08 Å². The third-order valence-electron chi connectivity index (χ3n) is 4.06. The predicted octanol–water partition coefficient (Wildman–Crippen LogP) is 3.91. The number of benzene rings is 2. The SMILES string of the molecule is COc1ccc(OC)c([C@H](C)NC(=O)/C=C/c2cc(C)ccc2OC)c1. The van der Waals surface area contributed by atoms with Gasteiger partial charge in [0, 0.05) is 17.2 Å². The fourth-order valence-electron chi connectivity index (χ4n) is 2.67. The van der Waals surface area contributed by atoms with E-state index in [2.05, 4.69) is 5.32 Å². The van der Waals surface area contributed by atoms with Gasteiger partial charge in [-0.1, -0.05) is 11.6 Å². The van der Waals surface area contributed by atoms with Crippen LogP contribution in [0.1, 0.15) is 29.7 Å². The Labute approximate surface area is 154 Å². The largest absolute Gasteiger partial charge is 0.497 e. The van der Waals surface area contributed by atoms with Gasteiger partial charge in [0.05, 0.1) is 27.4 Å². The zero-order valence-electron chi connectivity index (χ0n) is 15.8. The fourth-order valence-corrected chi connectivity index (χ4v) is 2.67. The van der Waals surface area contributed by atoms with Crippen molar-refractivity contribution in [2.75, 3.05) is 21.3 Å². The average Bonchev–Trinajstić information content (AvgIpc) is 2.65. The van der Waals surface area contributed by atoms with Crippen molar-refractivity contribution in [2.45, 2.75) is 19.9 Å². The van der Waals surface area contributed by atoms with Crippen molar-refractivity contribution in [3.8, 4) is 17.2 Å². The zero-order chi connectivity index (χ0) is 19.1. The predicted molar refractivity (Wildman–Crippen MR) is 103 cm³/mol. The van der Waals surface area contributed by atoms with Gasteiger partial charge in [-0.25, -0.2) is 0 Å². The van der Waals surface area contributed by atoms with E-state index in [1.165, 1.54) is 6.08 Å². The van der Waals surface area contributed by atoms with Crippen LogP contribution in [0.3, 0.4) is 0 Å². The van der Waals surface area contributed by atoms with Crippen molar-refractivity contribution >= 4 is 12.0 Å². The Morgan fingerprint density at radius 3 is 2.35 bits per heavy atom. The molecule has 1 amide bonds. The molecule has 0 aliphatic heterocycles. The molecular formula is C21H25NO4. The van der Waals surface area contributed by atoms with Crippen molar-refractivity contribution < 1.29 is 19.0 Å². The van der Waals surface area contributed by atoms with Gasteiger partial charge in [-0.05, 0) is 50.3 Å². The van der Waals surface area contributed by atoms with E-state index in [9.17, 15) is 4.79 Å². The second kappa shape index (κ2) is 8.94. The topological polar surface area (TPSA) is 56.8 Å². The van der Waals surface area contributed by atoms with E-state index in [1.54, 1.807) is 27.4 Å². The van der Waals surface area contributed by atoms with Gasteiger partial charge in [0.1, 0.15) is 17.2 Å². The molecule has 0 unspecified atom stereocenters. The molecule has 5 heteroatoms. The molecule has 2 rings (SSSR count). The van der Waals surface area contributed by atoms with Crippen LogP contribution in [-0.4, -0.2) is 27.2 Å². The average molecular weight is 355 g/mol. The Balaban J connectivity index is 2.14. The first-order chi connectivity index (χ1) is 12.5. The Kier molecular flexibility index (Phi) is 6.67. The van der Waals surface area contributed by atoms with E-state index in [-0.39, 0.29) is 11.9 Å². The molecule has 2 aromatic rings. The van der Waals surface area contributed by atoms with Crippen LogP contribution in [0.15, 0.2) is 42.5 Å². The van der Waals surface area contributed by atoms with Crippen LogP contribution in [0, 0.1) is 6.92 Å². The normalized spacial score (nSPS) is 11.9. The van der Waals surface area contributed by atoms with E-state index < -0.39 is 0 Å². The smallest absolute Gasteiger partial charge is 0.244 e. The molecule has 1 N–H and O–H groups in total. The van der Waals surface area contributed by atoms with E-state index in [1.807, 2.05) is 50.2 Å². The van der Waals surface area contributed by atoms with Crippen LogP contribution in [0.5, 0.6) is 17.2 Å². The highest BCUT2D eigenvalue weighted by Gasteiger charge is 2.14. The summed E-state index contributed by atoms with van der Waals surface area (Å²) < 4.78 is 16.0. The van der Waals surface area contributed by atoms with E-state index >= 15 is 0 Å². The lowest BCUT2D eigenvalue weighted by atomic mass is 10.1. The van der Waals surface area contributed by atoms with E-state index in [0.29, 0.717) is 11.5 Å². The number of ether oxygens (including phenoxy) is 3. The second-order valence-corrected chi connectivity index (χ2v) is 5.92. The van der Waals surface area contributed by atoms with Gasteiger partial charge in [0.25, 0.3) is 0 Å². The molecule has 0 saturated heterocycles. The fraction of sp³-hybridized carbons (Fsp3) is 0.286. The lowest BCUT2D eigenvalue weighted by molar-refractivity contribution is -0.117. The maximum Gasteiger partial charge on any atom is 0.244 e. The minimum Gasteiger partial charge on any atom is -0.497 e. The van der Waals surface area contributed by atoms with Gasteiger partial charge in [-0.2, -0.15) is 0 Å². The molecule has 5 nitrogen and oxygen atoms in total. The summed E-state index contributed by atoms with van der Waals surface area (Å²) in [6.07, 6.45) is 3.25. The summed E-state index contributed by atoms with van der Waals surface area (Å²) in [7, 11) is 4.82. The van der Waals surface area contributed by atoms with Crippen molar-refractivity contribution in [3.63, 3.8) is 0 Å². The zero-order valence-corrected chi connectivity index (χ0v) is 15.8. The molecule has 1 atom stereocenters. The monoisotopic (exact) mass is 355 g/mol. The number of hydrogen-bond acceptors (Lipinski definition) is 4. The van der Waals surface area contributed by atoms with E-state index in [4.69, 9.17) is 14.2 Å². The standard InChI is InChI=1S/C21H25NO4/c1-14-6-9-19(25-4)16(12-14)7-11-21(23)22-15(2)18-13-17(24-3)8-10-20(18)26-5/h6-13,15H,1-5H3,(H,22,23)/b11-7+/t15-/m0/s1. The number of carbonyl (C=O) groups is 1. The van der Waals surface area contributed by atoms with Crippen molar-refractivity contribution in [1.82, 2.24) is 5.32 Å². The number of rotatable bonds is 7. The van der Waals surface area contributed by atoms with Gasteiger partial charge < -0.3 is 19.5 Å². The number of hydrogen-bond donors (Lipinski definition) is 1. The van der Waals surface area contributed by atoms with Crippen LogP contribution >= 0.6 is 0 Å². The third kappa shape index (κ3) is 4.79. The van der Waals surface area contributed by atoms with Crippen molar-refractivity contribution in [1.29, 1.82) is 0 Å². The Hall–Kier alpha value is -2.95. The number of aryl methyl sites for hydroxylation is 1. The molecule has 0 spiro atoms. The molecule has 0 aliphatic rings. The van der Waals surface area contributed by atoms with Gasteiger partial charge in [-0.3, -0.25) is 4.79 Å². The Morgan fingerprint density at radius 1 is 1.00 bits per heavy atom. The molecule has 2 aromatic carbocycles. The van der Waals surface area contributed by atoms with Crippen LogP contribution in [-0.2, 0) is 4.79 Å². The first-order valence-electron chi connectivity index (χ1n) is 8.33. The van der Waals surface area contributed by atoms with Crippen LogP contribution in [0.2, 0.25) is 0 Å². The summed E-state index contributed by atoms with van der Waals surface area (Å²) in [5.41, 5.74) is 2.80. The Bertz CT molecular complexity index is 799. The van der Waals surface area contributed by atoms with Crippen molar-refractivity contribution in [2.24, 2.45) is 0 Å². The molecule has 0 aromatic heterocycles. The minimum absolute atomic E-state index is 0.203. The quantitative estimate of drug-likeness (QED) is 0.765. The first kappa shape index (κ1) is 19.4. The van der Waals surface area contributed by atoms with Crippen molar-refractivity contribution in [3.05, 3.63) is 59.2 Å². The van der Waals surface area contributed by atoms with E-state index in [0.717, 1.165) is 22.4 Å². The number of nitrogens with one attached hydrogen (secondary N) is 1. The number of methoxy groups -OCH3 is 3. The summed E-state index contributed by atoms with van der Waals surface area (Å²) in [5, 5.41) is 2.94. The highest BCUT2D eigenvalue weighted by molar-refractivity contribution is 5.92. The minimum atomic E-state index is -0.239. The summed E-state index contributed by atoms with van der Waals surface area (Å²) in [6.45, 7) is 3.89. The van der Waals surface area contributed by atoms with Gasteiger partial charge >= 0.3 is 0 Å². The van der Waals surface area contributed by atoms with Gasteiger partial charge in [-0.15, -0.1) is 0 Å². The lowest BCUT2D eigenvalue weighted by Crippen LogP contribution is -2.25. The number of amides is 1. The maximum atomic E-state index is 12.3. The first-order valence-corrected chi connectivity index (χ1v) is 8.33. The molecule has 0 bridgehead atoms. The molecule has 0 radical (unpaired) electrons. The van der Waals surface area contributed by atoms with Crippen LogP contribution in [0.4, 0.5) is 0 Å². The summed E-state index contributed by atoms with van der Waals surface area (Å²) in [5.74, 6) is 1.93. The van der Waals surface area contributed by atoms with Gasteiger partial charge in [0.15, 0.2) is 0 Å². The second-order valence-electron chi connectivity index (χ2n) is 5.92. The summed E-state index contributed by atoms with van der Waals surface area (Å²) in [6, 6.07) is 11.1. The molecule has 138 valence electrons. The highest BCUT2D eigenvalue weighted by Crippen LogP contribution is 2.29.